The van der Waals surface area contributed by atoms with E-state index in [0.717, 1.165) is 5.56 Å². The Hall–Kier alpha value is -2.20. The van der Waals surface area contributed by atoms with E-state index in [1.807, 2.05) is 13.0 Å². The van der Waals surface area contributed by atoms with Crippen LogP contribution in [0.15, 0.2) is 48.5 Å². The summed E-state index contributed by atoms with van der Waals surface area (Å²) in [5.74, 6) is -1.98. The van der Waals surface area contributed by atoms with Crippen LogP contribution in [0, 0.1) is 6.92 Å². The highest BCUT2D eigenvalue weighted by Crippen LogP contribution is 2.28. The van der Waals surface area contributed by atoms with Gasteiger partial charge in [0.25, 0.3) is 0 Å². The van der Waals surface area contributed by atoms with Gasteiger partial charge in [-0.1, -0.05) is 47.5 Å². The molecule has 0 saturated heterocycles. The molecule has 0 aromatic heterocycles. The van der Waals surface area contributed by atoms with Crippen LogP contribution in [0.1, 0.15) is 40.7 Å². The lowest BCUT2D eigenvalue weighted by Gasteiger charge is -2.18. The molecular weight excluding hydrogens is 343 g/mol. The van der Waals surface area contributed by atoms with E-state index in [0.29, 0.717) is 16.1 Å². The van der Waals surface area contributed by atoms with Crippen LogP contribution < -0.4 is 0 Å². The Bertz CT molecular complexity index is 743. The third-order valence-electron chi connectivity index (χ3n) is 3.88. The molecule has 0 aliphatic heterocycles. The number of ketones is 1. The molecule has 0 saturated carbocycles. The monoisotopic (exact) mass is 362 g/mol. The first-order chi connectivity index (χ1) is 11.9. The summed E-state index contributed by atoms with van der Waals surface area (Å²) in [6.45, 7) is 3.58. The van der Waals surface area contributed by atoms with Gasteiger partial charge in [0.15, 0.2) is 12.0 Å². The molecule has 5 heteroatoms. The van der Waals surface area contributed by atoms with Gasteiger partial charge < -0.3 is 4.74 Å². The Morgan fingerprint density at radius 1 is 1.16 bits per heavy atom. The molecule has 0 heterocycles. The molecule has 2 atom stereocenters. The molecule has 0 bridgehead atoms. The summed E-state index contributed by atoms with van der Waals surface area (Å²) in [6.07, 6.45) is -2.14. The number of halogens is 2. The smallest absolute Gasteiger partial charge is 0.340 e. The van der Waals surface area contributed by atoms with Crippen molar-refractivity contribution in [3.63, 3.8) is 0 Å². The molecule has 1 unspecified atom stereocenters. The Morgan fingerprint density at radius 2 is 1.84 bits per heavy atom. The predicted octanol–water partition coefficient (Wildman–Crippen LogP) is 4.91. The summed E-state index contributed by atoms with van der Waals surface area (Å²) in [5.41, 5.74) is 2.03. The Balaban J connectivity index is 2.33. The number of carbonyl (C=O) groups excluding carboxylic acids is 2. The van der Waals surface area contributed by atoms with E-state index in [1.165, 1.54) is 0 Å². The largest absolute Gasteiger partial charge is 0.464 e. The maximum absolute atomic E-state index is 14.3. The highest BCUT2D eigenvalue weighted by molar-refractivity contribution is 6.30. The summed E-state index contributed by atoms with van der Waals surface area (Å²) in [6, 6.07) is 13.7. The van der Waals surface area contributed by atoms with Gasteiger partial charge in [-0.25, -0.2) is 9.18 Å². The molecule has 25 heavy (non-hydrogen) atoms. The average Bonchev–Trinajstić information content (AvgIpc) is 2.60. The number of aryl methyl sites for hydroxylation is 1. The van der Waals surface area contributed by atoms with Crippen molar-refractivity contribution < 1.29 is 18.7 Å². The molecule has 0 spiro atoms. The van der Waals surface area contributed by atoms with Gasteiger partial charge in [-0.3, -0.25) is 4.79 Å². The molecule has 0 fully saturated rings. The fourth-order valence-electron chi connectivity index (χ4n) is 2.62. The molecule has 0 radical (unpaired) electrons. The molecule has 0 aliphatic carbocycles. The second-order valence-electron chi connectivity index (χ2n) is 5.79. The highest BCUT2D eigenvalue weighted by atomic mass is 35.5. The molecule has 2 aromatic carbocycles. The van der Waals surface area contributed by atoms with Crippen LogP contribution in [0.5, 0.6) is 0 Å². The van der Waals surface area contributed by atoms with Gasteiger partial charge >= 0.3 is 5.97 Å². The van der Waals surface area contributed by atoms with E-state index in [1.54, 1.807) is 49.4 Å². The zero-order valence-corrected chi connectivity index (χ0v) is 14.9. The molecular formula is C20H20ClFO3. The van der Waals surface area contributed by atoms with Gasteiger partial charge in [0, 0.05) is 17.0 Å². The summed E-state index contributed by atoms with van der Waals surface area (Å²) in [7, 11) is 0. The minimum atomic E-state index is -1.87. The number of hydrogen-bond donors (Lipinski definition) is 0. The average molecular weight is 363 g/mol. The van der Waals surface area contributed by atoms with Crippen LogP contribution in [0.4, 0.5) is 4.39 Å². The minimum Gasteiger partial charge on any atom is -0.464 e. The second-order valence-corrected chi connectivity index (χ2v) is 6.23. The van der Waals surface area contributed by atoms with Crippen LogP contribution in [0.2, 0.25) is 5.02 Å². The van der Waals surface area contributed by atoms with Crippen molar-refractivity contribution in [2.24, 2.45) is 0 Å². The zero-order valence-electron chi connectivity index (χ0n) is 14.2. The fourth-order valence-corrected chi connectivity index (χ4v) is 2.75. The SMILES string of the molecule is CCOC(=O)[C@@H](F)CC(C(=O)c1cccc(C)c1)c1ccc(Cl)cc1. The van der Waals surface area contributed by atoms with Gasteiger partial charge in [0.1, 0.15) is 0 Å². The molecule has 0 N–H and O–H groups in total. The van der Waals surface area contributed by atoms with E-state index in [2.05, 4.69) is 0 Å². The zero-order chi connectivity index (χ0) is 18.4. The van der Waals surface area contributed by atoms with E-state index in [9.17, 15) is 14.0 Å². The first kappa shape index (κ1) is 19.1. The standard InChI is InChI=1S/C20H20ClFO3/c1-3-25-20(24)18(22)12-17(14-7-9-16(21)10-8-14)19(23)15-6-4-5-13(2)11-15/h4-11,17-18H,3,12H2,1-2H3/t17?,18-/m0/s1. The summed E-state index contributed by atoms with van der Waals surface area (Å²) in [4.78, 5) is 24.6. The Kier molecular flexibility index (Phi) is 6.71. The summed E-state index contributed by atoms with van der Waals surface area (Å²) >= 11 is 5.90. The van der Waals surface area contributed by atoms with Crippen molar-refractivity contribution in [3.8, 4) is 0 Å². The summed E-state index contributed by atoms with van der Waals surface area (Å²) < 4.78 is 19.0. The van der Waals surface area contributed by atoms with Crippen molar-refractivity contribution in [3.05, 3.63) is 70.2 Å². The first-order valence-electron chi connectivity index (χ1n) is 8.09. The first-order valence-corrected chi connectivity index (χ1v) is 8.47. The van der Waals surface area contributed by atoms with Crippen LogP contribution in [-0.2, 0) is 9.53 Å². The lowest BCUT2D eigenvalue weighted by Crippen LogP contribution is -2.25. The van der Waals surface area contributed by atoms with E-state index >= 15 is 0 Å². The molecule has 132 valence electrons. The van der Waals surface area contributed by atoms with Crippen molar-refractivity contribution >= 4 is 23.4 Å². The van der Waals surface area contributed by atoms with Crippen LogP contribution in [0.3, 0.4) is 0 Å². The third-order valence-corrected chi connectivity index (χ3v) is 4.13. The fraction of sp³-hybridized carbons (Fsp3) is 0.300. The van der Waals surface area contributed by atoms with Gasteiger partial charge in [0.05, 0.1) is 12.5 Å². The predicted molar refractivity (Wildman–Crippen MR) is 95.8 cm³/mol. The van der Waals surface area contributed by atoms with Gasteiger partial charge in [-0.15, -0.1) is 0 Å². The van der Waals surface area contributed by atoms with E-state index in [-0.39, 0.29) is 18.8 Å². The molecule has 3 nitrogen and oxygen atoms in total. The van der Waals surface area contributed by atoms with E-state index in [4.69, 9.17) is 16.3 Å². The Morgan fingerprint density at radius 3 is 2.44 bits per heavy atom. The van der Waals surface area contributed by atoms with Crippen molar-refractivity contribution in [1.82, 2.24) is 0 Å². The van der Waals surface area contributed by atoms with Gasteiger partial charge in [-0.2, -0.15) is 0 Å². The summed E-state index contributed by atoms with van der Waals surface area (Å²) in [5, 5.41) is 0.521. The second kappa shape index (κ2) is 8.77. The topological polar surface area (TPSA) is 43.4 Å². The van der Waals surface area contributed by atoms with Gasteiger partial charge in [0.2, 0.25) is 0 Å². The van der Waals surface area contributed by atoms with Crippen molar-refractivity contribution in [2.75, 3.05) is 6.61 Å². The third kappa shape index (κ3) is 5.13. The maximum Gasteiger partial charge on any atom is 0.340 e. The minimum absolute atomic E-state index is 0.0939. The molecule has 0 amide bonds. The van der Waals surface area contributed by atoms with Gasteiger partial charge in [-0.05, 0) is 37.6 Å². The molecule has 2 rings (SSSR count). The molecule has 2 aromatic rings. The van der Waals surface area contributed by atoms with E-state index < -0.39 is 18.1 Å². The number of alkyl halides is 1. The maximum atomic E-state index is 14.3. The highest BCUT2D eigenvalue weighted by Gasteiger charge is 2.30. The number of ether oxygens (including phenoxy) is 1. The van der Waals surface area contributed by atoms with Crippen LogP contribution in [0.25, 0.3) is 0 Å². The molecule has 0 aliphatic rings. The quantitative estimate of drug-likeness (QED) is 0.519. The number of rotatable bonds is 7. The lowest BCUT2D eigenvalue weighted by molar-refractivity contribution is -0.149. The lowest BCUT2D eigenvalue weighted by atomic mass is 9.86. The van der Waals surface area contributed by atoms with Crippen LogP contribution in [-0.4, -0.2) is 24.5 Å². The van der Waals surface area contributed by atoms with Crippen molar-refractivity contribution in [2.45, 2.75) is 32.4 Å². The normalized spacial score (nSPS) is 13.1. The number of esters is 1. The number of carbonyl (C=O) groups is 2. The Labute approximate surface area is 151 Å². The van der Waals surface area contributed by atoms with Crippen molar-refractivity contribution in [1.29, 1.82) is 0 Å². The number of benzene rings is 2. The number of Topliss-reactive ketones (excluding diaryl/α,β-unsaturated/α-hetero) is 1. The number of hydrogen-bond acceptors (Lipinski definition) is 3. The van der Waals surface area contributed by atoms with Crippen LogP contribution >= 0.6 is 11.6 Å².